The lowest BCUT2D eigenvalue weighted by Crippen LogP contribution is -2.19. The number of fused-ring (bicyclic) bond motifs is 2. The number of carbonyl (C=O) groups is 1. The van der Waals surface area contributed by atoms with E-state index in [1.54, 1.807) is 0 Å². The lowest BCUT2D eigenvalue weighted by Gasteiger charge is -2.26. The zero-order chi connectivity index (χ0) is 23.6. The number of hydrogen-bond donors (Lipinski definition) is 0. The third kappa shape index (κ3) is 4.54. The monoisotopic (exact) mass is 466 g/mol. The van der Waals surface area contributed by atoms with Crippen molar-refractivity contribution >= 4 is 17.9 Å². The first-order valence-electron chi connectivity index (χ1n) is 12.0. The van der Waals surface area contributed by atoms with Crippen LogP contribution in [0, 0.1) is 0 Å². The highest BCUT2D eigenvalue weighted by atomic mass is 16.6. The summed E-state index contributed by atoms with van der Waals surface area (Å²) in [6.45, 7) is 2.17. The summed E-state index contributed by atoms with van der Waals surface area (Å²) in [4.78, 5) is 13.6. The molecular weight excluding hydrogens is 440 g/mol. The number of carbonyl (C=O) groups excluding carboxylic acids is 1. The number of ketones is 1. The predicted molar refractivity (Wildman–Crippen MR) is 134 cm³/mol. The van der Waals surface area contributed by atoms with Gasteiger partial charge in [0, 0.05) is 11.1 Å². The molecule has 2 aliphatic heterocycles. The van der Waals surface area contributed by atoms with Gasteiger partial charge in [0.05, 0.1) is 0 Å². The Balaban J connectivity index is 1.37. The Morgan fingerprint density at radius 3 is 1.60 bits per heavy atom. The van der Waals surface area contributed by atoms with Gasteiger partial charge >= 0.3 is 0 Å². The van der Waals surface area contributed by atoms with Crippen LogP contribution in [0.5, 0.6) is 23.0 Å². The molecule has 35 heavy (non-hydrogen) atoms. The van der Waals surface area contributed by atoms with Crippen LogP contribution in [0.4, 0.5) is 0 Å². The molecule has 0 spiro atoms. The number of ether oxygens (including phenoxy) is 4. The maximum Gasteiger partial charge on any atom is 0.185 e. The number of rotatable bonds is 3. The lowest BCUT2D eigenvalue weighted by atomic mass is 9.76. The van der Waals surface area contributed by atoms with E-state index in [-0.39, 0.29) is 11.7 Å². The third-order valence-corrected chi connectivity index (χ3v) is 6.60. The van der Waals surface area contributed by atoms with E-state index in [4.69, 9.17) is 18.9 Å². The van der Waals surface area contributed by atoms with Gasteiger partial charge in [-0.1, -0.05) is 42.5 Å². The van der Waals surface area contributed by atoms with Crippen molar-refractivity contribution in [2.75, 3.05) is 26.4 Å². The maximum absolute atomic E-state index is 13.6. The molecule has 0 aromatic heterocycles. The van der Waals surface area contributed by atoms with E-state index in [1.807, 2.05) is 54.6 Å². The van der Waals surface area contributed by atoms with Crippen molar-refractivity contribution in [3.8, 4) is 23.0 Å². The second kappa shape index (κ2) is 9.34. The molecule has 1 aliphatic carbocycles. The van der Waals surface area contributed by atoms with Crippen molar-refractivity contribution in [2.24, 2.45) is 0 Å². The Hall–Kier alpha value is -3.99. The third-order valence-electron chi connectivity index (χ3n) is 6.60. The average Bonchev–Trinajstić information content (AvgIpc) is 2.91. The van der Waals surface area contributed by atoms with Crippen molar-refractivity contribution in [1.82, 2.24) is 0 Å². The highest BCUT2D eigenvalue weighted by Crippen LogP contribution is 2.40. The van der Waals surface area contributed by atoms with E-state index in [1.165, 1.54) is 5.56 Å². The Kier molecular flexibility index (Phi) is 5.75. The Morgan fingerprint density at radius 1 is 0.600 bits per heavy atom. The molecule has 1 unspecified atom stereocenters. The Bertz CT molecular complexity index is 1240. The van der Waals surface area contributed by atoms with E-state index in [0.29, 0.717) is 39.3 Å². The number of benzene rings is 3. The quantitative estimate of drug-likeness (QED) is 0.454. The molecule has 3 aromatic rings. The molecule has 1 atom stereocenters. The highest BCUT2D eigenvalue weighted by Gasteiger charge is 2.29. The molecule has 176 valence electrons. The number of hydrogen-bond acceptors (Lipinski definition) is 5. The molecule has 0 N–H and O–H groups in total. The predicted octanol–water partition coefficient (Wildman–Crippen LogP) is 5.84. The minimum absolute atomic E-state index is 0.0851. The van der Waals surface area contributed by atoms with Gasteiger partial charge in [0.2, 0.25) is 0 Å². The summed E-state index contributed by atoms with van der Waals surface area (Å²) in [5, 5.41) is 0. The summed E-state index contributed by atoms with van der Waals surface area (Å²) in [7, 11) is 0. The molecule has 6 rings (SSSR count). The molecule has 3 aromatic carbocycles. The van der Waals surface area contributed by atoms with E-state index in [2.05, 4.69) is 24.3 Å². The van der Waals surface area contributed by atoms with Crippen LogP contribution in [-0.2, 0) is 4.79 Å². The second-order valence-electron chi connectivity index (χ2n) is 8.99. The highest BCUT2D eigenvalue weighted by molar-refractivity contribution is 6.14. The van der Waals surface area contributed by atoms with Crippen LogP contribution in [0.15, 0.2) is 77.9 Å². The molecule has 1 saturated carbocycles. The van der Waals surface area contributed by atoms with Gasteiger partial charge in [-0.2, -0.15) is 0 Å². The minimum atomic E-state index is 0.0851. The van der Waals surface area contributed by atoms with Gasteiger partial charge < -0.3 is 18.9 Å². The van der Waals surface area contributed by atoms with Crippen LogP contribution in [0.3, 0.4) is 0 Å². The van der Waals surface area contributed by atoms with Gasteiger partial charge in [-0.3, -0.25) is 4.79 Å². The Morgan fingerprint density at radius 2 is 1.09 bits per heavy atom. The minimum Gasteiger partial charge on any atom is -0.486 e. The summed E-state index contributed by atoms with van der Waals surface area (Å²) in [6, 6.07) is 22.1. The largest absolute Gasteiger partial charge is 0.486 e. The summed E-state index contributed by atoms with van der Waals surface area (Å²) >= 11 is 0. The van der Waals surface area contributed by atoms with Gasteiger partial charge in [0.15, 0.2) is 28.8 Å². The van der Waals surface area contributed by atoms with Crippen molar-refractivity contribution in [3.63, 3.8) is 0 Å². The first kappa shape index (κ1) is 21.5. The first-order chi connectivity index (χ1) is 17.2. The summed E-state index contributed by atoms with van der Waals surface area (Å²) in [5.74, 6) is 3.24. The van der Waals surface area contributed by atoms with Crippen molar-refractivity contribution in [2.45, 2.75) is 18.8 Å². The van der Waals surface area contributed by atoms with Crippen LogP contribution in [0.25, 0.3) is 12.2 Å². The average molecular weight is 467 g/mol. The molecule has 0 radical (unpaired) electrons. The van der Waals surface area contributed by atoms with Gasteiger partial charge in [-0.15, -0.1) is 0 Å². The van der Waals surface area contributed by atoms with Crippen molar-refractivity contribution in [3.05, 3.63) is 94.6 Å². The van der Waals surface area contributed by atoms with Gasteiger partial charge in [-0.25, -0.2) is 0 Å². The zero-order valence-corrected chi connectivity index (χ0v) is 19.4. The SMILES string of the molecule is O=C1/C(=C\c2ccc3c(c2)OCCO3)CC(c2ccccc2)C/C1=C\c1ccc2c(c1)OCCO2. The lowest BCUT2D eigenvalue weighted by molar-refractivity contribution is -0.113. The maximum atomic E-state index is 13.6. The van der Waals surface area contributed by atoms with E-state index >= 15 is 0 Å². The standard InChI is InChI=1S/C30H26O5/c31-30-24(14-20-6-8-26-28(16-20)34-12-10-32-26)18-23(22-4-2-1-3-5-22)19-25(30)15-21-7-9-27-29(17-21)35-13-11-33-27/h1-9,14-17,23H,10-13,18-19H2/b24-14-,25-15+. The topological polar surface area (TPSA) is 54.0 Å². The molecular formula is C30H26O5. The Labute approximate surface area is 204 Å². The molecule has 5 heteroatoms. The second-order valence-corrected chi connectivity index (χ2v) is 8.99. The van der Waals surface area contributed by atoms with E-state index in [0.717, 1.165) is 45.3 Å². The number of allylic oxidation sites excluding steroid dienone is 2. The summed E-state index contributed by atoms with van der Waals surface area (Å²) in [6.07, 6.45) is 5.37. The van der Waals surface area contributed by atoms with Crippen molar-refractivity contribution < 1.29 is 23.7 Å². The van der Waals surface area contributed by atoms with Gasteiger partial charge in [0.1, 0.15) is 26.4 Å². The molecule has 0 amide bonds. The smallest absolute Gasteiger partial charge is 0.185 e. The first-order valence-corrected chi connectivity index (χ1v) is 12.0. The van der Waals surface area contributed by atoms with Crippen LogP contribution < -0.4 is 18.9 Å². The van der Waals surface area contributed by atoms with Crippen molar-refractivity contribution in [1.29, 1.82) is 0 Å². The van der Waals surface area contributed by atoms with E-state index in [9.17, 15) is 4.79 Å². The van der Waals surface area contributed by atoms with Crippen LogP contribution >= 0.6 is 0 Å². The van der Waals surface area contributed by atoms with E-state index < -0.39 is 0 Å². The van der Waals surface area contributed by atoms with Gasteiger partial charge in [-0.05, 0) is 71.9 Å². The summed E-state index contributed by atoms with van der Waals surface area (Å²) < 4.78 is 22.8. The summed E-state index contributed by atoms with van der Waals surface area (Å²) in [5.41, 5.74) is 4.70. The van der Waals surface area contributed by atoms with Crippen LogP contribution in [0.1, 0.15) is 35.4 Å². The molecule has 2 heterocycles. The molecule has 0 bridgehead atoms. The fourth-order valence-electron chi connectivity index (χ4n) is 4.91. The van der Waals surface area contributed by atoms with Crippen LogP contribution in [-0.4, -0.2) is 32.2 Å². The van der Waals surface area contributed by atoms with Gasteiger partial charge in [0.25, 0.3) is 0 Å². The van der Waals surface area contributed by atoms with Crippen LogP contribution in [0.2, 0.25) is 0 Å². The normalized spacial score (nSPS) is 21.3. The zero-order valence-electron chi connectivity index (χ0n) is 19.4. The molecule has 5 nitrogen and oxygen atoms in total. The number of Topliss-reactive ketones (excluding diaryl/α,β-unsaturated/α-hetero) is 1. The fraction of sp³-hybridized carbons (Fsp3) is 0.233. The molecule has 3 aliphatic rings. The molecule has 1 fully saturated rings. The molecule has 0 saturated heterocycles. The fourth-order valence-corrected chi connectivity index (χ4v) is 4.91.